The predicted molar refractivity (Wildman–Crippen MR) is 112 cm³/mol. The molecular formula is C25H20O4Ti. The molecule has 2 atom stereocenters. The molecule has 0 amide bonds. The number of fused-ring (bicyclic) bond motifs is 6. The normalized spacial score (nSPS) is 21.7. The van der Waals surface area contributed by atoms with Gasteiger partial charge in [-0.15, -0.1) is 0 Å². The second-order valence-electron chi connectivity index (χ2n) is 7.71. The van der Waals surface area contributed by atoms with E-state index in [1.165, 1.54) is 0 Å². The molecule has 1 aliphatic heterocycles. The van der Waals surface area contributed by atoms with Crippen molar-refractivity contribution in [3.8, 4) is 0 Å². The summed E-state index contributed by atoms with van der Waals surface area (Å²) in [7, 11) is 0. The second kappa shape index (κ2) is 7.08. The van der Waals surface area contributed by atoms with Crippen LogP contribution in [0.3, 0.4) is 0 Å². The van der Waals surface area contributed by atoms with Crippen molar-refractivity contribution in [1.82, 2.24) is 0 Å². The summed E-state index contributed by atoms with van der Waals surface area (Å²) < 4.78 is 12.0. The van der Waals surface area contributed by atoms with Gasteiger partial charge in [0.15, 0.2) is 0 Å². The molecule has 2 unspecified atom stereocenters. The molecule has 0 aromatic heterocycles. The van der Waals surface area contributed by atoms with E-state index in [2.05, 4.69) is 37.4 Å². The van der Waals surface area contributed by atoms with E-state index in [1.807, 2.05) is 36.4 Å². The fourth-order valence-corrected chi connectivity index (χ4v) is 12.0. The van der Waals surface area contributed by atoms with Crippen LogP contribution in [0.5, 0.6) is 0 Å². The van der Waals surface area contributed by atoms with E-state index in [1.54, 1.807) is 0 Å². The first-order chi connectivity index (χ1) is 14.6. The quantitative estimate of drug-likeness (QED) is 0.498. The van der Waals surface area contributed by atoms with Gasteiger partial charge in [-0.05, 0) is 0 Å². The van der Waals surface area contributed by atoms with Crippen LogP contribution in [0.15, 0.2) is 85.0 Å². The standard InChI is InChI=1S/C19H14.2C3H4O2.Ti/c1-2-6-17-11-14(10-16(17)5-1)9-15-12-18-7-3-4-8-19(18)13-15;2*1-2-3(4)5;/h1-8,10-13H,9H2;2*2H,1H2,(H,4,5);/q;;;+2/p-2. The Morgan fingerprint density at radius 1 is 0.800 bits per heavy atom. The van der Waals surface area contributed by atoms with Crippen LogP contribution in [0.25, 0.3) is 12.2 Å². The first-order valence-corrected chi connectivity index (χ1v) is 12.9. The average Bonchev–Trinajstić information content (AvgIpc) is 3.32. The number of allylic oxidation sites excluding steroid dienone is 2. The number of carbonyl (C=O) groups is 2. The molecule has 1 saturated heterocycles. The molecule has 0 spiro atoms. The number of hydrogen-bond donors (Lipinski definition) is 0. The van der Waals surface area contributed by atoms with Crippen LogP contribution in [0.1, 0.15) is 37.1 Å². The van der Waals surface area contributed by atoms with Crippen LogP contribution in [-0.4, -0.2) is 11.9 Å². The van der Waals surface area contributed by atoms with E-state index >= 15 is 0 Å². The average molecular weight is 432 g/mol. The molecule has 2 aromatic rings. The Bertz CT molecular complexity index is 1080. The third-order valence-electron chi connectivity index (χ3n) is 6.10. The Labute approximate surface area is 179 Å². The van der Waals surface area contributed by atoms with E-state index in [4.69, 9.17) is 6.64 Å². The maximum absolute atomic E-state index is 12.6. The van der Waals surface area contributed by atoms with Gasteiger partial charge in [-0.2, -0.15) is 0 Å². The Balaban J connectivity index is 1.79. The van der Waals surface area contributed by atoms with Crippen molar-refractivity contribution >= 4 is 24.1 Å². The van der Waals surface area contributed by atoms with Crippen LogP contribution in [0.4, 0.5) is 0 Å². The van der Waals surface area contributed by atoms with Gasteiger partial charge in [0.25, 0.3) is 0 Å². The number of benzene rings is 2. The van der Waals surface area contributed by atoms with Crippen LogP contribution in [0.2, 0.25) is 0 Å². The van der Waals surface area contributed by atoms with E-state index < -0.39 is 29.3 Å². The number of rotatable bonds is 4. The minimum absolute atomic E-state index is 0.220. The molecule has 5 heteroatoms. The van der Waals surface area contributed by atoms with Crippen molar-refractivity contribution in [2.45, 2.75) is 14.9 Å². The summed E-state index contributed by atoms with van der Waals surface area (Å²) in [5.74, 6) is -1.11. The van der Waals surface area contributed by atoms with Gasteiger partial charge in [-0.3, -0.25) is 0 Å². The molecule has 3 aliphatic rings. The fourth-order valence-electron chi connectivity index (χ4n) is 5.09. The molecule has 1 heterocycles. The van der Waals surface area contributed by atoms with Crippen LogP contribution < -0.4 is 0 Å². The topological polar surface area (TPSA) is 52.6 Å². The van der Waals surface area contributed by atoms with Crippen molar-refractivity contribution in [2.24, 2.45) is 0 Å². The molecule has 30 heavy (non-hydrogen) atoms. The van der Waals surface area contributed by atoms with E-state index in [0.717, 1.165) is 52.0 Å². The van der Waals surface area contributed by atoms with Crippen molar-refractivity contribution in [3.05, 3.63) is 107 Å². The Morgan fingerprint density at radius 3 is 1.67 bits per heavy atom. The first kappa shape index (κ1) is 19.0. The van der Waals surface area contributed by atoms with Crippen molar-refractivity contribution < 1.29 is 33.6 Å². The molecule has 5 rings (SSSR count). The summed E-state index contributed by atoms with van der Waals surface area (Å²) in [6, 6.07) is 16.1. The van der Waals surface area contributed by atoms with Crippen molar-refractivity contribution in [3.63, 3.8) is 0 Å². The molecule has 0 bridgehead atoms. The summed E-state index contributed by atoms with van der Waals surface area (Å²) in [5, 5.41) is 0. The molecule has 2 aromatic carbocycles. The summed E-state index contributed by atoms with van der Waals surface area (Å²) >= 11 is -4.30. The zero-order valence-electron chi connectivity index (χ0n) is 16.3. The van der Waals surface area contributed by atoms with Crippen LogP contribution in [0, 0.1) is 0 Å². The minimum atomic E-state index is -4.30. The van der Waals surface area contributed by atoms with E-state index in [0.29, 0.717) is 0 Å². The zero-order valence-corrected chi connectivity index (χ0v) is 17.9. The SMILES string of the molecule is C=CC(=O)[O][Ti]1([O]C(=O)C=C)[CH]2C(=Cc3ccccc32)CC2=Cc3ccccc3[CH]21. The van der Waals surface area contributed by atoms with Gasteiger partial charge in [0, 0.05) is 0 Å². The number of carbonyl (C=O) groups excluding carboxylic acids is 2. The molecule has 148 valence electrons. The molecule has 0 radical (unpaired) electrons. The molecule has 0 N–H and O–H groups in total. The van der Waals surface area contributed by atoms with Crippen molar-refractivity contribution in [2.75, 3.05) is 0 Å². The molecule has 2 aliphatic carbocycles. The molecule has 1 fully saturated rings. The summed E-state index contributed by atoms with van der Waals surface area (Å²) in [6.07, 6.45) is 7.38. The van der Waals surface area contributed by atoms with E-state index in [-0.39, 0.29) is 8.45 Å². The van der Waals surface area contributed by atoms with Gasteiger partial charge >= 0.3 is 180 Å². The maximum atomic E-state index is 12.6. The molecular weight excluding hydrogens is 412 g/mol. The second-order valence-corrected chi connectivity index (χ2v) is 12.4. The fraction of sp³-hybridized carbons (Fsp3) is 0.120. The Morgan fingerprint density at radius 2 is 1.23 bits per heavy atom. The molecule has 0 saturated carbocycles. The Kier molecular flexibility index (Phi) is 4.50. The summed E-state index contributed by atoms with van der Waals surface area (Å²) in [4.78, 5) is 25.2. The monoisotopic (exact) mass is 432 g/mol. The van der Waals surface area contributed by atoms with Crippen LogP contribution >= 0.6 is 0 Å². The summed E-state index contributed by atoms with van der Waals surface area (Å²) in [6.45, 7) is 7.16. The first-order valence-electron chi connectivity index (χ1n) is 9.87. The summed E-state index contributed by atoms with van der Waals surface area (Å²) in [5.41, 5.74) is 6.58. The van der Waals surface area contributed by atoms with Crippen molar-refractivity contribution in [1.29, 1.82) is 0 Å². The predicted octanol–water partition coefficient (Wildman–Crippen LogP) is 5.11. The van der Waals surface area contributed by atoms with Gasteiger partial charge in [-0.25, -0.2) is 0 Å². The van der Waals surface area contributed by atoms with E-state index in [9.17, 15) is 9.59 Å². The Hall–Kier alpha value is -2.95. The van der Waals surface area contributed by atoms with Gasteiger partial charge < -0.3 is 0 Å². The van der Waals surface area contributed by atoms with Gasteiger partial charge in [-0.1, -0.05) is 0 Å². The van der Waals surface area contributed by atoms with Gasteiger partial charge in [0.05, 0.1) is 0 Å². The zero-order chi connectivity index (χ0) is 20.9. The molecule has 4 nitrogen and oxygen atoms in total. The number of hydrogen-bond acceptors (Lipinski definition) is 4. The van der Waals surface area contributed by atoms with Gasteiger partial charge in [0.2, 0.25) is 0 Å². The van der Waals surface area contributed by atoms with Gasteiger partial charge in [0.1, 0.15) is 0 Å². The van der Waals surface area contributed by atoms with Crippen LogP contribution in [-0.2, 0) is 33.6 Å². The third kappa shape index (κ3) is 2.72. The third-order valence-corrected chi connectivity index (χ3v) is 12.4.